The van der Waals surface area contributed by atoms with E-state index in [4.69, 9.17) is 0 Å². The number of carbonyl (C=O) groups is 1. The molecule has 0 saturated carbocycles. The third-order valence-corrected chi connectivity index (χ3v) is 3.02. The average Bonchev–Trinajstić information content (AvgIpc) is 2.83. The predicted molar refractivity (Wildman–Crippen MR) is 62.0 cm³/mol. The molecule has 16 heavy (non-hydrogen) atoms. The zero-order valence-corrected chi connectivity index (χ0v) is 9.52. The fourth-order valence-corrected chi connectivity index (χ4v) is 2.12. The molecule has 86 valence electrons. The maximum Gasteiger partial charge on any atom is 0.246 e. The second kappa shape index (κ2) is 4.96. The summed E-state index contributed by atoms with van der Waals surface area (Å²) in [5, 5.41) is 0. The number of hydrogen-bond donors (Lipinski definition) is 1. The van der Waals surface area contributed by atoms with Crippen LogP contribution in [0.3, 0.4) is 0 Å². The van der Waals surface area contributed by atoms with Crippen LogP contribution >= 0.6 is 0 Å². The van der Waals surface area contributed by atoms with Crippen molar-refractivity contribution in [2.45, 2.75) is 25.7 Å². The Balaban J connectivity index is 1.90. The van der Waals surface area contributed by atoms with E-state index in [2.05, 4.69) is 9.97 Å². The molecule has 4 heteroatoms. The summed E-state index contributed by atoms with van der Waals surface area (Å²) in [6, 6.07) is 0. The van der Waals surface area contributed by atoms with Crippen molar-refractivity contribution in [1.29, 1.82) is 0 Å². The predicted octanol–water partition coefficient (Wildman–Crippen LogP) is 1.69. The molecule has 0 spiro atoms. The fraction of sp³-hybridized carbons (Fsp3) is 0.500. The summed E-state index contributed by atoms with van der Waals surface area (Å²) < 4.78 is 0. The molecule has 2 heterocycles. The highest BCUT2D eigenvalue weighted by Crippen LogP contribution is 2.25. The number of rotatable bonds is 2. The van der Waals surface area contributed by atoms with Gasteiger partial charge < -0.3 is 9.88 Å². The van der Waals surface area contributed by atoms with Gasteiger partial charge in [-0.05, 0) is 25.8 Å². The van der Waals surface area contributed by atoms with Crippen LogP contribution in [0.2, 0.25) is 0 Å². The van der Waals surface area contributed by atoms with E-state index in [1.165, 1.54) is 0 Å². The number of amides is 1. The highest BCUT2D eigenvalue weighted by molar-refractivity contribution is 5.87. The molecule has 1 aromatic heterocycles. The Labute approximate surface area is 95.4 Å². The molecule has 1 fully saturated rings. The minimum Gasteiger partial charge on any atom is -0.348 e. The first kappa shape index (κ1) is 10.9. The summed E-state index contributed by atoms with van der Waals surface area (Å²) in [4.78, 5) is 20.9. The molecule has 0 aromatic carbocycles. The van der Waals surface area contributed by atoms with Crippen LogP contribution in [0.4, 0.5) is 0 Å². The third kappa shape index (κ3) is 2.32. The van der Waals surface area contributed by atoms with E-state index >= 15 is 0 Å². The van der Waals surface area contributed by atoms with Gasteiger partial charge in [0.15, 0.2) is 0 Å². The van der Waals surface area contributed by atoms with Gasteiger partial charge in [0.2, 0.25) is 5.91 Å². The lowest BCUT2D eigenvalue weighted by atomic mass is 9.96. The maximum absolute atomic E-state index is 11.6. The number of hydrogen-bond acceptors (Lipinski definition) is 2. The zero-order valence-electron chi connectivity index (χ0n) is 9.52. The van der Waals surface area contributed by atoms with E-state index in [1.54, 1.807) is 18.3 Å². The smallest absolute Gasteiger partial charge is 0.246 e. The number of nitrogens with zero attached hydrogens (tertiary/aromatic N) is 2. The highest BCUT2D eigenvalue weighted by atomic mass is 16.2. The Hall–Kier alpha value is -1.58. The number of allylic oxidation sites excluding steroid dienone is 1. The van der Waals surface area contributed by atoms with Crippen LogP contribution in [0, 0.1) is 0 Å². The van der Waals surface area contributed by atoms with Crippen molar-refractivity contribution in [3.8, 4) is 0 Å². The van der Waals surface area contributed by atoms with E-state index in [-0.39, 0.29) is 5.91 Å². The van der Waals surface area contributed by atoms with Gasteiger partial charge in [0.25, 0.3) is 0 Å². The lowest BCUT2D eigenvalue weighted by molar-refractivity contribution is -0.127. The first-order valence-corrected chi connectivity index (χ1v) is 5.72. The zero-order chi connectivity index (χ0) is 11.4. The lowest BCUT2D eigenvalue weighted by Gasteiger charge is -2.30. The summed E-state index contributed by atoms with van der Waals surface area (Å²) in [5.41, 5.74) is 0. The molecule has 0 bridgehead atoms. The first-order valence-electron chi connectivity index (χ1n) is 5.72. The van der Waals surface area contributed by atoms with Crippen molar-refractivity contribution in [2.75, 3.05) is 13.1 Å². The Morgan fingerprint density at radius 1 is 1.56 bits per heavy atom. The van der Waals surface area contributed by atoms with Gasteiger partial charge >= 0.3 is 0 Å². The molecule has 1 N–H and O–H groups in total. The number of imidazole rings is 1. The Morgan fingerprint density at radius 2 is 2.31 bits per heavy atom. The van der Waals surface area contributed by atoms with Crippen molar-refractivity contribution < 1.29 is 4.79 Å². The van der Waals surface area contributed by atoms with Gasteiger partial charge in [-0.15, -0.1) is 0 Å². The molecular weight excluding hydrogens is 202 g/mol. The quantitative estimate of drug-likeness (QED) is 0.769. The van der Waals surface area contributed by atoms with Gasteiger partial charge in [-0.3, -0.25) is 4.79 Å². The number of piperidine rings is 1. The summed E-state index contributed by atoms with van der Waals surface area (Å²) in [5.74, 6) is 1.66. The van der Waals surface area contributed by atoms with Crippen LogP contribution in [0.15, 0.2) is 24.5 Å². The van der Waals surface area contributed by atoms with Crippen LogP contribution in [0.5, 0.6) is 0 Å². The molecule has 0 atom stereocenters. The maximum atomic E-state index is 11.6. The van der Waals surface area contributed by atoms with Gasteiger partial charge in [0.05, 0.1) is 0 Å². The summed E-state index contributed by atoms with van der Waals surface area (Å²) >= 11 is 0. The topological polar surface area (TPSA) is 49.0 Å². The number of aromatic nitrogens is 2. The van der Waals surface area contributed by atoms with Crippen LogP contribution in [-0.4, -0.2) is 33.9 Å². The molecule has 1 saturated heterocycles. The third-order valence-electron chi connectivity index (χ3n) is 3.02. The molecule has 1 aliphatic heterocycles. The molecule has 1 amide bonds. The van der Waals surface area contributed by atoms with Crippen molar-refractivity contribution >= 4 is 5.91 Å². The molecule has 0 radical (unpaired) electrons. The Bertz CT molecular complexity index is 362. The number of carbonyl (C=O) groups excluding carboxylic acids is 1. The van der Waals surface area contributed by atoms with Gasteiger partial charge in [-0.1, -0.05) is 6.08 Å². The van der Waals surface area contributed by atoms with Crippen molar-refractivity contribution in [1.82, 2.24) is 14.9 Å². The number of nitrogens with one attached hydrogen (secondary N) is 1. The van der Waals surface area contributed by atoms with Gasteiger partial charge in [-0.25, -0.2) is 4.98 Å². The van der Waals surface area contributed by atoms with E-state index < -0.39 is 0 Å². The summed E-state index contributed by atoms with van der Waals surface area (Å²) in [6.07, 6.45) is 9.06. The normalized spacial score (nSPS) is 18.2. The average molecular weight is 219 g/mol. The van der Waals surface area contributed by atoms with Crippen LogP contribution < -0.4 is 0 Å². The van der Waals surface area contributed by atoms with Crippen LogP contribution in [-0.2, 0) is 4.79 Å². The second-order valence-electron chi connectivity index (χ2n) is 4.07. The largest absolute Gasteiger partial charge is 0.348 e. The molecule has 0 unspecified atom stereocenters. The SMILES string of the molecule is C/C=C/C(=O)N1CCC(c2ncc[nH]2)CC1. The van der Waals surface area contributed by atoms with Gasteiger partial charge in [0, 0.05) is 31.4 Å². The van der Waals surface area contributed by atoms with Crippen LogP contribution in [0.1, 0.15) is 31.5 Å². The fourth-order valence-electron chi connectivity index (χ4n) is 2.12. The molecule has 2 rings (SSSR count). The van der Waals surface area contributed by atoms with E-state index in [9.17, 15) is 4.79 Å². The Morgan fingerprint density at radius 3 is 2.88 bits per heavy atom. The first-order chi connectivity index (χ1) is 7.81. The standard InChI is InChI=1S/C12H17N3O/c1-2-3-11(16)15-8-4-10(5-9-15)12-13-6-7-14-12/h2-3,6-7,10H,4-5,8-9H2,1H3,(H,13,14)/b3-2+. The summed E-state index contributed by atoms with van der Waals surface area (Å²) in [6.45, 7) is 3.52. The minimum absolute atomic E-state index is 0.125. The minimum atomic E-state index is 0.125. The van der Waals surface area contributed by atoms with Crippen molar-refractivity contribution in [3.05, 3.63) is 30.4 Å². The number of likely N-dealkylation sites (tertiary alicyclic amines) is 1. The molecular formula is C12H17N3O. The van der Waals surface area contributed by atoms with E-state index in [0.717, 1.165) is 31.8 Å². The monoisotopic (exact) mass is 219 g/mol. The van der Waals surface area contributed by atoms with E-state index in [1.807, 2.05) is 18.0 Å². The van der Waals surface area contributed by atoms with Crippen molar-refractivity contribution in [2.24, 2.45) is 0 Å². The molecule has 1 aliphatic rings. The van der Waals surface area contributed by atoms with Gasteiger partial charge in [0.1, 0.15) is 5.82 Å². The second-order valence-corrected chi connectivity index (χ2v) is 4.07. The van der Waals surface area contributed by atoms with Crippen LogP contribution in [0.25, 0.3) is 0 Å². The molecule has 1 aromatic rings. The van der Waals surface area contributed by atoms with E-state index in [0.29, 0.717) is 5.92 Å². The van der Waals surface area contributed by atoms with Gasteiger partial charge in [-0.2, -0.15) is 0 Å². The molecule has 4 nitrogen and oxygen atoms in total. The number of aromatic amines is 1. The highest BCUT2D eigenvalue weighted by Gasteiger charge is 2.23. The van der Waals surface area contributed by atoms with Crippen molar-refractivity contribution in [3.63, 3.8) is 0 Å². The number of H-pyrrole nitrogens is 1. The Kier molecular flexibility index (Phi) is 3.39. The summed E-state index contributed by atoms with van der Waals surface area (Å²) in [7, 11) is 0. The lowest BCUT2D eigenvalue weighted by Crippen LogP contribution is -2.37. The molecule has 0 aliphatic carbocycles.